The second-order valence-corrected chi connectivity index (χ2v) is 4.59. The van der Waals surface area contributed by atoms with Crippen LogP contribution in [0.5, 0.6) is 0 Å². The SMILES string of the molecule is Cc1ccc(N2C=CCC(C)C(C(=O)O)=N2)cc1F. The summed E-state index contributed by atoms with van der Waals surface area (Å²) in [5.41, 5.74) is 1.12. The zero-order valence-corrected chi connectivity index (χ0v) is 10.8. The number of carboxylic acids is 1. The fraction of sp³-hybridized carbons (Fsp3) is 0.286. The van der Waals surface area contributed by atoms with E-state index in [0.29, 0.717) is 17.7 Å². The van der Waals surface area contributed by atoms with Gasteiger partial charge in [-0.2, -0.15) is 5.10 Å². The third kappa shape index (κ3) is 2.81. The van der Waals surface area contributed by atoms with Gasteiger partial charge in [-0.3, -0.25) is 0 Å². The van der Waals surface area contributed by atoms with Crippen molar-refractivity contribution >= 4 is 17.4 Å². The quantitative estimate of drug-likeness (QED) is 0.891. The van der Waals surface area contributed by atoms with E-state index in [0.717, 1.165) is 0 Å². The van der Waals surface area contributed by atoms with Crippen molar-refractivity contribution in [2.75, 3.05) is 5.01 Å². The van der Waals surface area contributed by atoms with Crippen molar-refractivity contribution in [2.45, 2.75) is 20.3 Å². The predicted molar refractivity (Wildman–Crippen MR) is 71.6 cm³/mol. The molecular weight excluding hydrogens is 247 g/mol. The minimum Gasteiger partial charge on any atom is -0.477 e. The summed E-state index contributed by atoms with van der Waals surface area (Å²) in [6.45, 7) is 3.47. The molecule has 0 bridgehead atoms. The number of carboxylic acid groups (broad SMARTS) is 1. The van der Waals surface area contributed by atoms with Crippen molar-refractivity contribution < 1.29 is 14.3 Å². The number of carbonyl (C=O) groups is 1. The fourth-order valence-corrected chi connectivity index (χ4v) is 1.85. The summed E-state index contributed by atoms with van der Waals surface area (Å²) < 4.78 is 13.6. The van der Waals surface area contributed by atoms with Gasteiger partial charge in [0.15, 0.2) is 0 Å². The maximum absolute atomic E-state index is 13.6. The van der Waals surface area contributed by atoms with Gasteiger partial charge in [0.2, 0.25) is 0 Å². The molecule has 0 saturated heterocycles. The molecule has 4 nitrogen and oxygen atoms in total. The molecule has 0 spiro atoms. The molecule has 1 atom stereocenters. The highest BCUT2D eigenvalue weighted by atomic mass is 19.1. The van der Waals surface area contributed by atoms with E-state index in [2.05, 4.69) is 5.10 Å². The summed E-state index contributed by atoms with van der Waals surface area (Å²) in [7, 11) is 0. The summed E-state index contributed by atoms with van der Waals surface area (Å²) in [5, 5.41) is 14.6. The normalized spacial score (nSPS) is 19.0. The fourth-order valence-electron chi connectivity index (χ4n) is 1.85. The van der Waals surface area contributed by atoms with Gasteiger partial charge in [-0.05, 0) is 31.0 Å². The highest BCUT2D eigenvalue weighted by molar-refractivity contribution is 6.36. The summed E-state index contributed by atoms with van der Waals surface area (Å²) >= 11 is 0. The topological polar surface area (TPSA) is 52.9 Å². The molecule has 0 saturated carbocycles. The third-order valence-electron chi connectivity index (χ3n) is 3.06. The number of benzene rings is 1. The van der Waals surface area contributed by atoms with Crippen LogP contribution in [0.25, 0.3) is 0 Å². The molecule has 100 valence electrons. The van der Waals surface area contributed by atoms with Gasteiger partial charge in [0.05, 0.1) is 5.69 Å². The highest BCUT2D eigenvalue weighted by Gasteiger charge is 2.21. The number of nitrogens with zero attached hydrogens (tertiary/aromatic N) is 2. The van der Waals surface area contributed by atoms with E-state index in [-0.39, 0.29) is 17.4 Å². The Hall–Kier alpha value is -2.17. The van der Waals surface area contributed by atoms with Gasteiger partial charge in [0.25, 0.3) is 0 Å². The van der Waals surface area contributed by atoms with E-state index in [4.69, 9.17) is 5.11 Å². The Balaban J connectivity index is 2.41. The monoisotopic (exact) mass is 262 g/mol. The first-order valence-electron chi connectivity index (χ1n) is 6.03. The summed E-state index contributed by atoms with van der Waals surface area (Å²) in [6, 6.07) is 4.70. The van der Waals surface area contributed by atoms with Gasteiger partial charge >= 0.3 is 5.97 Å². The average molecular weight is 262 g/mol. The Labute approximate surface area is 110 Å². The second-order valence-electron chi connectivity index (χ2n) is 4.59. The van der Waals surface area contributed by atoms with Crippen LogP contribution in [0.3, 0.4) is 0 Å². The molecule has 0 amide bonds. The Kier molecular flexibility index (Phi) is 3.64. The van der Waals surface area contributed by atoms with E-state index < -0.39 is 5.97 Å². The van der Waals surface area contributed by atoms with Crippen LogP contribution in [-0.2, 0) is 4.79 Å². The van der Waals surface area contributed by atoms with Crippen LogP contribution in [0.1, 0.15) is 18.9 Å². The molecule has 1 heterocycles. The van der Waals surface area contributed by atoms with Crippen LogP contribution < -0.4 is 5.01 Å². The van der Waals surface area contributed by atoms with Crippen molar-refractivity contribution in [2.24, 2.45) is 11.0 Å². The van der Waals surface area contributed by atoms with Crippen molar-refractivity contribution in [3.8, 4) is 0 Å². The molecule has 5 heteroatoms. The minimum atomic E-state index is -1.05. The molecule has 19 heavy (non-hydrogen) atoms. The van der Waals surface area contributed by atoms with E-state index in [1.54, 1.807) is 32.2 Å². The number of aryl methyl sites for hydroxylation is 1. The van der Waals surface area contributed by atoms with Gasteiger partial charge in [-0.15, -0.1) is 0 Å². The van der Waals surface area contributed by atoms with E-state index in [9.17, 15) is 9.18 Å². The van der Waals surface area contributed by atoms with Crippen LogP contribution in [0, 0.1) is 18.7 Å². The minimum absolute atomic E-state index is 0.0750. The maximum Gasteiger partial charge on any atom is 0.352 e. The summed E-state index contributed by atoms with van der Waals surface area (Å²) in [4.78, 5) is 11.2. The van der Waals surface area contributed by atoms with Gasteiger partial charge < -0.3 is 5.11 Å². The van der Waals surface area contributed by atoms with Crippen molar-refractivity contribution in [1.82, 2.24) is 0 Å². The molecule has 0 aliphatic carbocycles. The van der Waals surface area contributed by atoms with E-state index >= 15 is 0 Å². The highest BCUT2D eigenvalue weighted by Crippen LogP contribution is 2.22. The average Bonchev–Trinajstić information content (AvgIpc) is 2.55. The summed E-state index contributed by atoms with van der Waals surface area (Å²) in [5.74, 6) is -1.56. The van der Waals surface area contributed by atoms with Gasteiger partial charge in [0, 0.05) is 12.1 Å². The molecule has 0 aromatic heterocycles. The number of aliphatic carboxylic acids is 1. The number of hydrazone groups is 1. The third-order valence-corrected chi connectivity index (χ3v) is 3.06. The Morgan fingerprint density at radius 1 is 1.53 bits per heavy atom. The van der Waals surface area contributed by atoms with Crippen LogP contribution in [-0.4, -0.2) is 16.8 Å². The molecule has 1 aliphatic rings. The van der Waals surface area contributed by atoms with Crippen LogP contribution in [0.4, 0.5) is 10.1 Å². The lowest BCUT2D eigenvalue weighted by atomic mass is 10.0. The lowest BCUT2D eigenvalue weighted by Crippen LogP contribution is -2.23. The van der Waals surface area contributed by atoms with Gasteiger partial charge in [-0.1, -0.05) is 19.1 Å². The standard InChI is InChI=1S/C14H15FN2O2/c1-9-5-6-11(8-12(9)15)17-7-3-4-10(2)13(16-17)14(18)19/h3,5-8,10H,4H2,1-2H3,(H,18,19). The molecular formula is C14H15FN2O2. The van der Waals surface area contributed by atoms with Crippen LogP contribution in [0.2, 0.25) is 0 Å². The number of halogens is 1. The largest absolute Gasteiger partial charge is 0.477 e. The first kappa shape index (κ1) is 13.3. The van der Waals surface area contributed by atoms with Crippen molar-refractivity contribution in [3.63, 3.8) is 0 Å². The van der Waals surface area contributed by atoms with Gasteiger partial charge in [0.1, 0.15) is 11.5 Å². The molecule has 1 aliphatic heterocycles. The number of hydrogen-bond acceptors (Lipinski definition) is 3. The predicted octanol–water partition coefficient (Wildman–Crippen LogP) is 2.93. The number of anilines is 1. The van der Waals surface area contributed by atoms with Crippen LogP contribution >= 0.6 is 0 Å². The first-order valence-corrected chi connectivity index (χ1v) is 6.03. The molecule has 0 radical (unpaired) electrons. The molecule has 1 aromatic rings. The molecule has 1 N–H and O–H groups in total. The van der Waals surface area contributed by atoms with E-state index in [1.807, 2.05) is 6.08 Å². The smallest absolute Gasteiger partial charge is 0.352 e. The first-order chi connectivity index (χ1) is 8.99. The maximum atomic E-state index is 13.6. The van der Waals surface area contributed by atoms with Crippen molar-refractivity contribution in [3.05, 3.63) is 41.9 Å². The Morgan fingerprint density at radius 2 is 2.26 bits per heavy atom. The number of allylic oxidation sites excluding steroid dienone is 1. The van der Waals surface area contributed by atoms with Crippen LogP contribution in [0.15, 0.2) is 35.6 Å². The summed E-state index contributed by atoms with van der Waals surface area (Å²) in [6.07, 6.45) is 4.09. The lowest BCUT2D eigenvalue weighted by Gasteiger charge is -2.15. The second kappa shape index (κ2) is 5.22. The lowest BCUT2D eigenvalue weighted by molar-refractivity contribution is -0.129. The zero-order valence-electron chi connectivity index (χ0n) is 10.8. The molecule has 1 unspecified atom stereocenters. The van der Waals surface area contributed by atoms with Crippen molar-refractivity contribution in [1.29, 1.82) is 0 Å². The molecule has 1 aromatic carbocycles. The Morgan fingerprint density at radius 3 is 2.89 bits per heavy atom. The van der Waals surface area contributed by atoms with E-state index in [1.165, 1.54) is 11.1 Å². The molecule has 0 fully saturated rings. The zero-order chi connectivity index (χ0) is 14.0. The van der Waals surface area contributed by atoms with Gasteiger partial charge in [-0.25, -0.2) is 14.2 Å². The number of hydrogen-bond donors (Lipinski definition) is 1. The number of rotatable bonds is 2. The Bertz CT molecular complexity index is 567. The molecule has 2 rings (SSSR count).